The second kappa shape index (κ2) is 11.5. The minimum absolute atomic E-state index is 0.140. The summed E-state index contributed by atoms with van der Waals surface area (Å²) in [5.74, 6) is 0. The number of rotatable bonds is 8. The van der Waals surface area contributed by atoms with E-state index in [4.69, 9.17) is 0 Å². The minimum Gasteiger partial charge on any atom is -0.0985 e. The van der Waals surface area contributed by atoms with Gasteiger partial charge in [0.25, 0.3) is 0 Å². The van der Waals surface area contributed by atoms with Gasteiger partial charge in [0.2, 0.25) is 0 Å². The highest BCUT2D eigenvalue weighted by Crippen LogP contribution is 2.31. The first-order chi connectivity index (χ1) is 15.2. The molecule has 2 aromatic rings. The van der Waals surface area contributed by atoms with Crippen molar-refractivity contribution in [2.75, 3.05) is 0 Å². The van der Waals surface area contributed by atoms with E-state index >= 15 is 0 Å². The molecule has 0 heteroatoms. The number of hydrogen-bond acceptors (Lipinski definition) is 0. The molecule has 0 aliphatic rings. The molecule has 0 saturated heterocycles. The quantitative estimate of drug-likeness (QED) is 0.372. The summed E-state index contributed by atoms with van der Waals surface area (Å²) >= 11 is 0. The van der Waals surface area contributed by atoms with E-state index in [9.17, 15) is 0 Å². The number of allylic oxidation sites excluding steroid dienone is 9. The van der Waals surface area contributed by atoms with Gasteiger partial charge in [-0.15, -0.1) is 0 Å². The fourth-order valence-corrected chi connectivity index (χ4v) is 3.64. The van der Waals surface area contributed by atoms with Gasteiger partial charge in [0.15, 0.2) is 0 Å². The van der Waals surface area contributed by atoms with Crippen molar-refractivity contribution in [3.8, 4) is 0 Å². The fourth-order valence-electron chi connectivity index (χ4n) is 3.64. The molecule has 32 heavy (non-hydrogen) atoms. The summed E-state index contributed by atoms with van der Waals surface area (Å²) in [4.78, 5) is 0. The molecular weight excluding hydrogens is 384 g/mol. The molecule has 0 bridgehead atoms. The van der Waals surface area contributed by atoms with Gasteiger partial charge in [-0.05, 0) is 77.2 Å². The van der Waals surface area contributed by atoms with Crippen molar-refractivity contribution < 1.29 is 0 Å². The van der Waals surface area contributed by atoms with Crippen LogP contribution in [0.3, 0.4) is 0 Å². The van der Waals surface area contributed by atoms with Crippen LogP contribution in [0.2, 0.25) is 0 Å². The fraction of sp³-hybridized carbons (Fsp3) is 0.250. The minimum atomic E-state index is 0.140. The Kier molecular flexibility index (Phi) is 9.02. The molecule has 0 atom stereocenters. The molecule has 0 N–H and O–H groups in total. The van der Waals surface area contributed by atoms with Gasteiger partial charge in [-0.2, -0.15) is 0 Å². The van der Waals surface area contributed by atoms with Crippen molar-refractivity contribution in [3.63, 3.8) is 0 Å². The van der Waals surface area contributed by atoms with Gasteiger partial charge < -0.3 is 0 Å². The number of benzene rings is 2. The average molecular weight is 423 g/mol. The van der Waals surface area contributed by atoms with Gasteiger partial charge in [-0.25, -0.2) is 0 Å². The maximum Gasteiger partial charge on any atom is -0.00229 e. The lowest BCUT2D eigenvalue weighted by atomic mass is 9.85. The van der Waals surface area contributed by atoms with Crippen molar-refractivity contribution in [2.24, 2.45) is 0 Å². The SMILES string of the molecule is C=Cc1ccc(CC(=C/C=C\C)/C(C)=C(\C=C/C)C(=C)c2ccc(C(C)(C)C)cc2)cc1. The monoisotopic (exact) mass is 422 g/mol. The molecule has 0 nitrogen and oxygen atoms in total. The first-order valence-corrected chi connectivity index (χ1v) is 11.4. The zero-order valence-electron chi connectivity index (χ0n) is 20.7. The van der Waals surface area contributed by atoms with E-state index in [1.54, 1.807) is 0 Å². The Bertz CT molecular complexity index is 1040. The smallest absolute Gasteiger partial charge is 0.00229 e. The van der Waals surface area contributed by atoms with Crippen LogP contribution in [0, 0.1) is 0 Å². The molecule has 166 valence electrons. The summed E-state index contributed by atoms with van der Waals surface area (Å²) in [5.41, 5.74) is 9.82. The molecule has 0 fully saturated rings. The van der Waals surface area contributed by atoms with Crippen LogP contribution in [0.4, 0.5) is 0 Å². The summed E-state index contributed by atoms with van der Waals surface area (Å²) in [7, 11) is 0. The summed E-state index contributed by atoms with van der Waals surface area (Å²) in [6.45, 7) is 21.4. The lowest BCUT2D eigenvalue weighted by Gasteiger charge is -2.20. The van der Waals surface area contributed by atoms with Crippen LogP contribution in [0.5, 0.6) is 0 Å². The molecule has 0 aliphatic carbocycles. The maximum atomic E-state index is 4.48. The molecule has 0 saturated carbocycles. The van der Waals surface area contributed by atoms with E-state index in [0.29, 0.717) is 0 Å². The van der Waals surface area contributed by atoms with E-state index < -0.39 is 0 Å². The summed E-state index contributed by atoms with van der Waals surface area (Å²) in [5, 5.41) is 0. The Morgan fingerprint density at radius 2 is 1.53 bits per heavy atom. The van der Waals surface area contributed by atoms with Crippen LogP contribution in [0.25, 0.3) is 11.6 Å². The van der Waals surface area contributed by atoms with Gasteiger partial charge >= 0.3 is 0 Å². The van der Waals surface area contributed by atoms with Crippen molar-refractivity contribution in [3.05, 3.63) is 131 Å². The summed E-state index contributed by atoms with van der Waals surface area (Å²) in [6, 6.07) is 17.5. The first-order valence-electron chi connectivity index (χ1n) is 11.4. The van der Waals surface area contributed by atoms with Gasteiger partial charge in [-0.3, -0.25) is 0 Å². The molecule has 0 aromatic heterocycles. The maximum absolute atomic E-state index is 4.48. The highest BCUT2D eigenvalue weighted by molar-refractivity contribution is 5.82. The van der Waals surface area contributed by atoms with Gasteiger partial charge in [-0.1, -0.05) is 119 Å². The Morgan fingerprint density at radius 3 is 2.03 bits per heavy atom. The Labute approximate surface area is 196 Å². The summed E-state index contributed by atoms with van der Waals surface area (Å²) < 4.78 is 0. The van der Waals surface area contributed by atoms with E-state index in [0.717, 1.165) is 23.1 Å². The van der Waals surface area contributed by atoms with Crippen molar-refractivity contribution in [2.45, 2.75) is 53.4 Å². The third-order valence-electron chi connectivity index (χ3n) is 5.74. The van der Waals surface area contributed by atoms with Crippen LogP contribution in [-0.2, 0) is 11.8 Å². The van der Waals surface area contributed by atoms with Crippen molar-refractivity contribution in [1.29, 1.82) is 0 Å². The second-order valence-electron chi connectivity index (χ2n) is 9.18. The average Bonchev–Trinajstić information content (AvgIpc) is 2.79. The first kappa shape index (κ1) is 25.1. The van der Waals surface area contributed by atoms with Gasteiger partial charge in [0.05, 0.1) is 0 Å². The standard InChI is InChI=1S/C32H38/c1-9-12-14-29(23-27-17-15-26(11-3)16-18-27)25(5)31(13-10-2)24(4)28-19-21-30(22-20-28)32(6,7)8/h9-22H,3-4,23H2,1-2,5-8H3/b12-9-,13-10-,29-14-,31-25+. The molecule has 0 amide bonds. The van der Waals surface area contributed by atoms with Gasteiger partial charge in [0, 0.05) is 0 Å². The largest absolute Gasteiger partial charge is 0.0985 e. The predicted octanol–water partition coefficient (Wildman–Crippen LogP) is 9.28. The second-order valence-corrected chi connectivity index (χ2v) is 9.18. The third-order valence-corrected chi connectivity index (χ3v) is 5.74. The highest BCUT2D eigenvalue weighted by atomic mass is 14.2. The molecule has 2 rings (SSSR count). The van der Waals surface area contributed by atoms with E-state index in [1.807, 2.05) is 6.08 Å². The topological polar surface area (TPSA) is 0 Å². The zero-order chi connectivity index (χ0) is 23.7. The molecule has 0 unspecified atom stereocenters. The molecule has 0 aliphatic heterocycles. The highest BCUT2D eigenvalue weighted by Gasteiger charge is 2.15. The van der Waals surface area contributed by atoms with E-state index in [-0.39, 0.29) is 5.41 Å². The predicted molar refractivity (Wildman–Crippen MR) is 145 cm³/mol. The van der Waals surface area contributed by atoms with Crippen LogP contribution < -0.4 is 0 Å². The molecule has 0 radical (unpaired) electrons. The van der Waals surface area contributed by atoms with Crippen molar-refractivity contribution in [1.82, 2.24) is 0 Å². The van der Waals surface area contributed by atoms with Crippen LogP contribution >= 0.6 is 0 Å². The normalized spacial score (nSPS) is 13.5. The van der Waals surface area contributed by atoms with Crippen LogP contribution in [-0.4, -0.2) is 0 Å². The summed E-state index contributed by atoms with van der Waals surface area (Å²) in [6.07, 6.45) is 13.4. The Morgan fingerprint density at radius 1 is 0.906 bits per heavy atom. The zero-order valence-corrected chi connectivity index (χ0v) is 20.7. The van der Waals surface area contributed by atoms with Crippen molar-refractivity contribution >= 4 is 11.6 Å². The molecular formula is C32H38. The van der Waals surface area contributed by atoms with E-state index in [1.165, 1.54) is 27.8 Å². The molecule has 0 spiro atoms. The lowest BCUT2D eigenvalue weighted by molar-refractivity contribution is 0.590. The Hall–Kier alpha value is -3.12. The van der Waals surface area contributed by atoms with E-state index in [2.05, 4.69) is 134 Å². The third kappa shape index (κ3) is 6.69. The van der Waals surface area contributed by atoms with Crippen LogP contribution in [0.15, 0.2) is 109 Å². The van der Waals surface area contributed by atoms with Gasteiger partial charge in [0.1, 0.15) is 0 Å². The number of hydrogen-bond donors (Lipinski definition) is 0. The molecule has 2 aromatic carbocycles. The lowest BCUT2D eigenvalue weighted by Crippen LogP contribution is -2.10. The van der Waals surface area contributed by atoms with Crippen LogP contribution in [0.1, 0.15) is 63.8 Å². The molecule has 0 heterocycles. The Balaban J connectivity index is 2.48.